The molecule has 16 heavy (non-hydrogen) atoms. The Morgan fingerprint density at radius 2 is 2.06 bits per heavy atom. The van der Waals surface area contributed by atoms with Gasteiger partial charge in [-0.2, -0.15) is 5.10 Å². The Hall–Kier alpha value is -0.870. The number of nitrogens with two attached hydrogens (primary N) is 1. The Balaban J connectivity index is 2.65. The third kappa shape index (κ3) is 2.83. The van der Waals surface area contributed by atoms with E-state index < -0.39 is 0 Å². The van der Waals surface area contributed by atoms with Gasteiger partial charge < -0.3 is 10.5 Å². The van der Waals surface area contributed by atoms with Crippen molar-refractivity contribution in [1.29, 1.82) is 0 Å². The molecule has 1 heterocycles. The van der Waals surface area contributed by atoms with Crippen LogP contribution < -0.4 is 5.73 Å². The fourth-order valence-corrected chi connectivity index (χ4v) is 1.83. The molecule has 0 bridgehead atoms. The van der Waals surface area contributed by atoms with E-state index in [-0.39, 0.29) is 5.60 Å². The van der Waals surface area contributed by atoms with Crippen LogP contribution in [-0.4, -0.2) is 21.9 Å². The van der Waals surface area contributed by atoms with Crippen molar-refractivity contribution >= 4 is 0 Å². The second kappa shape index (κ2) is 5.46. The maximum Gasteiger partial charge on any atom is 0.0892 e. The summed E-state index contributed by atoms with van der Waals surface area (Å²) in [4.78, 5) is 0. The van der Waals surface area contributed by atoms with E-state index in [1.165, 1.54) is 0 Å². The molecule has 0 amide bonds. The predicted octanol–water partition coefficient (Wildman–Crippen LogP) is 1.76. The number of ether oxygens (including phenoxy) is 1. The molecule has 1 aromatic rings. The number of hydrogen-bond acceptors (Lipinski definition) is 3. The Morgan fingerprint density at radius 3 is 2.44 bits per heavy atom. The monoisotopic (exact) mass is 225 g/mol. The topological polar surface area (TPSA) is 53.1 Å². The van der Waals surface area contributed by atoms with E-state index in [4.69, 9.17) is 10.5 Å². The minimum Gasteiger partial charge on any atom is -0.367 e. The minimum atomic E-state index is -0.182. The molecule has 0 saturated heterocycles. The molecule has 4 nitrogen and oxygen atoms in total. The van der Waals surface area contributed by atoms with Crippen LogP contribution in [0.25, 0.3) is 0 Å². The van der Waals surface area contributed by atoms with Gasteiger partial charge in [-0.15, -0.1) is 0 Å². The van der Waals surface area contributed by atoms with Crippen molar-refractivity contribution in [3.63, 3.8) is 0 Å². The summed E-state index contributed by atoms with van der Waals surface area (Å²) in [5.74, 6) is 0. The summed E-state index contributed by atoms with van der Waals surface area (Å²) in [6, 6.07) is 2.05. The lowest BCUT2D eigenvalue weighted by molar-refractivity contribution is -0.0575. The second-order valence-corrected chi connectivity index (χ2v) is 4.28. The summed E-state index contributed by atoms with van der Waals surface area (Å²) in [5.41, 5.74) is 7.72. The van der Waals surface area contributed by atoms with E-state index in [2.05, 4.69) is 18.9 Å². The Morgan fingerprint density at radius 1 is 1.44 bits per heavy atom. The van der Waals surface area contributed by atoms with Gasteiger partial charge in [0.2, 0.25) is 0 Å². The number of aryl methyl sites for hydroxylation is 2. The molecule has 1 rings (SSSR count). The second-order valence-electron chi connectivity index (χ2n) is 4.28. The zero-order valence-electron chi connectivity index (χ0n) is 10.8. The molecule has 0 radical (unpaired) electrons. The van der Waals surface area contributed by atoms with Crippen LogP contribution in [0.15, 0.2) is 6.07 Å². The van der Waals surface area contributed by atoms with Crippen molar-refractivity contribution in [2.24, 2.45) is 12.8 Å². The molecular weight excluding hydrogens is 202 g/mol. The molecule has 92 valence electrons. The third-order valence-electron chi connectivity index (χ3n) is 3.29. The smallest absolute Gasteiger partial charge is 0.0892 e. The first-order valence-corrected chi connectivity index (χ1v) is 5.90. The molecule has 0 aliphatic rings. The van der Waals surface area contributed by atoms with Gasteiger partial charge in [-0.1, -0.05) is 13.8 Å². The fourth-order valence-electron chi connectivity index (χ4n) is 1.83. The minimum absolute atomic E-state index is 0.182. The molecule has 0 saturated carbocycles. The van der Waals surface area contributed by atoms with Crippen LogP contribution in [0.3, 0.4) is 0 Å². The van der Waals surface area contributed by atoms with Gasteiger partial charge in [0.1, 0.15) is 0 Å². The number of rotatable bonds is 6. The van der Waals surface area contributed by atoms with Crippen LogP contribution in [-0.2, 0) is 18.4 Å². The molecule has 0 aromatic carbocycles. The molecule has 0 unspecified atom stereocenters. The first-order chi connectivity index (χ1) is 7.56. The van der Waals surface area contributed by atoms with Gasteiger partial charge in [0.25, 0.3) is 0 Å². The lowest BCUT2D eigenvalue weighted by Gasteiger charge is -2.30. The summed E-state index contributed by atoms with van der Waals surface area (Å²) in [6.07, 6.45) is 1.88. The molecule has 1 aromatic heterocycles. The van der Waals surface area contributed by atoms with Gasteiger partial charge in [0.15, 0.2) is 0 Å². The van der Waals surface area contributed by atoms with Crippen molar-refractivity contribution in [2.45, 2.75) is 45.8 Å². The van der Waals surface area contributed by atoms with Crippen molar-refractivity contribution in [3.05, 3.63) is 17.5 Å². The summed E-state index contributed by atoms with van der Waals surface area (Å²) in [5, 5.41) is 4.29. The van der Waals surface area contributed by atoms with Crippen LogP contribution in [0.2, 0.25) is 0 Å². The summed E-state index contributed by atoms with van der Waals surface area (Å²) in [6.45, 7) is 7.36. The van der Waals surface area contributed by atoms with Crippen LogP contribution in [0.5, 0.6) is 0 Å². The standard InChI is InChI=1S/C12H23N3O/c1-5-12(6-2,9-13)16-8-11-7-10(3)14-15(11)4/h7H,5-6,8-9,13H2,1-4H3. The summed E-state index contributed by atoms with van der Waals surface area (Å²) < 4.78 is 7.83. The Labute approximate surface area is 97.8 Å². The average molecular weight is 225 g/mol. The molecule has 2 N–H and O–H groups in total. The lowest BCUT2D eigenvalue weighted by atomic mass is 9.97. The van der Waals surface area contributed by atoms with Crippen molar-refractivity contribution in [2.75, 3.05) is 6.54 Å². The van der Waals surface area contributed by atoms with Crippen LogP contribution in [0.1, 0.15) is 38.1 Å². The van der Waals surface area contributed by atoms with Gasteiger partial charge in [-0.3, -0.25) is 4.68 Å². The van der Waals surface area contributed by atoms with Gasteiger partial charge in [0.05, 0.1) is 23.6 Å². The highest BCUT2D eigenvalue weighted by Gasteiger charge is 2.25. The third-order valence-corrected chi connectivity index (χ3v) is 3.29. The molecule has 4 heteroatoms. The molecule has 0 spiro atoms. The molecule has 0 aliphatic heterocycles. The average Bonchev–Trinajstić information content (AvgIpc) is 2.60. The quantitative estimate of drug-likeness (QED) is 0.802. The fraction of sp³-hybridized carbons (Fsp3) is 0.750. The van der Waals surface area contributed by atoms with E-state index in [0.717, 1.165) is 24.2 Å². The van der Waals surface area contributed by atoms with E-state index in [0.29, 0.717) is 13.2 Å². The van der Waals surface area contributed by atoms with Crippen LogP contribution >= 0.6 is 0 Å². The molecule has 0 atom stereocenters. The molecule has 0 fully saturated rings. The van der Waals surface area contributed by atoms with Gasteiger partial charge >= 0.3 is 0 Å². The van der Waals surface area contributed by atoms with Gasteiger partial charge in [0, 0.05) is 13.6 Å². The van der Waals surface area contributed by atoms with E-state index in [1.54, 1.807) is 0 Å². The maximum atomic E-state index is 5.97. The Kier molecular flexibility index (Phi) is 4.50. The van der Waals surface area contributed by atoms with Crippen molar-refractivity contribution in [3.8, 4) is 0 Å². The highest BCUT2D eigenvalue weighted by molar-refractivity contribution is 5.07. The first-order valence-electron chi connectivity index (χ1n) is 5.90. The zero-order valence-corrected chi connectivity index (χ0v) is 10.8. The first kappa shape index (κ1) is 13.2. The van der Waals surface area contributed by atoms with E-state index >= 15 is 0 Å². The number of hydrogen-bond donors (Lipinski definition) is 1. The summed E-state index contributed by atoms with van der Waals surface area (Å²) >= 11 is 0. The maximum absolute atomic E-state index is 5.97. The predicted molar refractivity (Wildman–Crippen MR) is 65.1 cm³/mol. The normalized spacial score (nSPS) is 12.1. The van der Waals surface area contributed by atoms with Gasteiger partial charge in [-0.05, 0) is 25.8 Å². The highest BCUT2D eigenvalue weighted by Crippen LogP contribution is 2.21. The largest absolute Gasteiger partial charge is 0.367 e. The molecular formula is C12H23N3O. The lowest BCUT2D eigenvalue weighted by Crippen LogP contribution is -2.39. The van der Waals surface area contributed by atoms with E-state index in [1.807, 2.05) is 24.7 Å². The summed E-state index contributed by atoms with van der Waals surface area (Å²) in [7, 11) is 1.94. The number of aromatic nitrogens is 2. The molecule has 0 aliphatic carbocycles. The van der Waals surface area contributed by atoms with Gasteiger partial charge in [-0.25, -0.2) is 0 Å². The van der Waals surface area contributed by atoms with Crippen molar-refractivity contribution < 1.29 is 4.74 Å². The number of nitrogens with zero attached hydrogens (tertiary/aromatic N) is 2. The highest BCUT2D eigenvalue weighted by atomic mass is 16.5. The van der Waals surface area contributed by atoms with Crippen LogP contribution in [0, 0.1) is 6.92 Å². The van der Waals surface area contributed by atoms with E-state index in [9.17, 15) is 0 Å². The zero-order chi connectivity index (χ0) is 12.2. The SMILES string of the molecule is CCC(CC)(CN)OCc1cc(C)nn1C. The van der Waals surface area contributed by atoms with Crippen molar-refractivity contribution in [1.82, 2.24) is 9.78 Å². The van der Waals surface area contributed by atoms with Crippen LogP contribution in [0.4, 0.5) is 0 Å². The Bertz CT molecular complexity index is 321.